The van der Waals surface area contributed by atoms with Crippen LogP contribution in [0.25, 0.3) is 11.3 Å². The molecule has 1 fully saturated rings. The third-order valence-corrected chi connectivity index (χ3v) is 6.79. The van der Waals surface area contributed by atoms with Crippen molar-refractivity contribution in [3.8, 4) is 17.0 Å². The second-order valence-corrected chi connectivity index (χ2v) is 8.91. The van der Waals surface area contributed by atoms with Gasteiger partial charge in [-0.1, -0.05) is 41.9 Å². The Kier molecular flexibility index (Phi) is 7.20. The highest BCUT2D eigenvalue weighted by Gasteiger charge is 2.42. The quantitative estimate of drug-likeness (QED) is 0.374. The van der Waals surface area contributed by atoms with Crippen molar-refractivity contribution < 1.29 is 22.7 Å². The summed E-state index contributed by atoms with van der Waals surface area (Å²) in [6, 6.07) is 14.0. The number of benzene rings is 2. The van der Waals surface area contributed by atoms with Crippen LogP contribution in [0.15, 0.2) is 53.0 Å². The summed E-state index contributed by atoms with van der Waals surface area (Å²) in [7, 11) is 1.53. The van der Waals surface area contributed by atoms with Crippen LogP contribution in [-0.2, 0) is 11.0 Å². The van der Waals surface area contributed by atoms with Gasteiger partial charge in [-0.3, -0.25) is 9.69 Å². The van der Waals surface area contributed by atoms with Crippen molar-refractivity contribution in [3.05, 3.63) is 63.7 Å². The molecule has 6 nitrogen and oxygen atoms in total. The highest BCUT2D eigenvalue weighted by Crippen LogP contribution is 2.41. The third kappa shape index (κ3) is 4.80. The number of ether oxygens (including phenoxy) is 1. The largest absolute Gasteiger partial charge is 0.495 e. The van der Waals surface area contributed by atoms with E-state index in [2.05, 4.69) is 25.9 Å². The summed E-state index contributed by atoms with van der Waals surface area (Å²) in [6.45, 7) is 1.74. The van der Waals surface area contributed by atoms with Crippen molar-refractivity contribution in [2.75, 3.05) is 38.2 Å². The molecule has 3 aromatic rings. The highest BCUT2D eigenvalue weighted by atomic mass is 79.9. The number of rotatable bonds is 6. The molecule has 2 aromatic carbocycles. The second-order valence-electron chi connectivity index (χ2n) is 7.71. The van der Waals surface area contributed by atoms with Crippen LogP contribution >= 0.6 is 27.5 Å². The summed E-state index contributed by atoms with van der Waals surface area (Å²) in [5, 5.41) is 4.72. The molecular weight excluding hydrogens is 537 g/mol. The van der Waals surface area contributed by atoms with Crippen LogP contribution in [-0.4, -0.2) is 54.3 Å². The summed E-state index contributed by atoms with van der Waals surface area (Å²) in [4.78, 5) is 15.8. The number of piperazine rings is 1. The minimum absolute atomic E-state index is 0.131. The standard InChI is InChI=1S/C23H21BrClF3N4O2/c1-34-18-13-16(7-8-17(18)25)30-9-11-31(12-10-30)19(14-33)32-22(23(26,27)28)20(24)21(29-32)15-5-3-2-4-6-15/h2-8,13-14,19H,9-12H2,1H3. The Labute approximate surface area is 208 Å². The number of carbonyl (C=O) groups is 1. The fourth-order valence-electron chi connectivity index (χ4n) is 4.03. The van der Waals surface area contributed by atoms with Gasteiger partial charge in [0.1, 0.15) is 11.4 Å². The van der Waals surface area contributed by atoms with Crippen LogP contribution in [0.1, 0.15) is 11.9 Å². The number of carbonyl (C=O) groups excluding carboxylic acids is 1. The Hall–Kier alpha value is -2.56. The van der Waals surface area contributed by atoms with E-state index < -0.39 is 18.0 Å². The number of aldehydes is 1. The predicted molar refractivity (Wildman–Crippen MR) is 127 cm³/mol. The van der Waals surface area contributed by atoms with Crippen molar-refractivity contribution >= 4 is 39.5 Å². The van der Waals surface area contributed by atoms with Gasteiger partial charge in [-0.05, 0) is 28.1 Å². The Bertz CT molecular complexity index is 1170. The number of alkyl halides is 3. The molecule has 180 valence electrons. The molecule has 0 N–H and O–H groups in total. The van der Waals surface area contributed by atoms with Crippen molar-refractivity contribution in [2.45, 2.75) is 12.3 Å². The smallest absolute Gasteiger partial charge is 0.434 e. The number of methoxy groups -OCH3 is 1. The lowest BCUT2D eigenvalue weighted by atomic mass is 10.1. The van der Waals surface area contributed by atoms with Gasteiger partial charge in [0, 0.05) is 43.5 Å². The SMILES string of the molecule is COc1cc(N2CCN(C(C=O)n3nc(-c4ccccc4)c(Br)c3C(F)(F)F)CC2)ccc1Cl. The minimum atomic E-state index is -4.71. The first-order chi connectivity index (χ1) is 16.2. The molecular formula is C23H21BrClF3N4O2. The first kappa shape index (κ1) is 24.6. The molecule has 0 spiro atoms. The molecule has 0 aliphatic carbocycles. The highest BCUT2D eigenvalue weighted by molar-refractivity contribution is 9.10. The molecule has 1 aliphatic rings. The molecule has 2 heterocycles. The van der Waals surface area contributed by atoms with E-state index in [-0.39, 0.29) is 10.2 Å². The Morgan fingerprint density at radius 1 is 1.12 bits per heavy atom. The zero-order chi connectivity index (χ0) is 24.5. The lowest BCUT2D eigenvalue weighted by molar-refractivity contribution is -0.148. The average molecular weight is 558 g/mol. The van der Waals surface area contributed by atoms with Crippen LogP contribution < -0.4 is 9.64 Å². The number of aromatic nitrogens is 2. The molecule has 0 radical (unpaired) electrons. The van der Waals surface area contributed by atoms with Crippen LogP contribution in [0.4, 0.5) is 18.9 Å². The number of halogens is 5. The number of anilines is 1. The molecule has 4 rings (SSSR count). The second kappa shape index (κ2) is 9.97. The van der Waals surface area contributed by atoms with Gasteiger partial charge in [0.05, 0.1) is 16.6 Å². The summed E-state index contributed by atoms with van der Waals surface area (Å²) < 4.78 is 48.0. The molecule has 0 saturated carbocycles. The molecule has 1 atom stereocenters. The van der Waals surface area contributed by atoms with Crippen LogP contribution in [0, 0.1) is 0 Å². The van der Waals surface area contributed by atoms with E-state index in [1.54, 1.807) is 41.3 Å². The lowest BCUT2D eigenvalue weighted by Crippen LogP contribution is -2.50. The fraction of sp³-hybridized carbons (Fsp3) is 0.304. The predicted octanol–water partition coefficient (Wildman–Crippen LogP) is 5.51. The van der Waals surface area contributed by atoms with E-state index in [1.807, 2.05) is 12.1 Å². The van der Waals surface area contributed by atoms with Crippen molar-refractivity contribution in [1.29, 1.82) is 0 Å². The van der Waals surface area contributed by atoms with E-state index in [9.17, 15) is 18.0 Å². The third-order valence-electron chi connectivity index (χ3n) is 5.73. The number of hydrogen-bond donors (Lipinski definition) is 0. The summed E-state index contributed by atoms with van der Waals surface area (Å²) >= 11 is 9.19. The summed E-state index contributed by atoms with van der Waals surface area (Å²) in [5.41, 5.74) is 0.539. The number of hydrogen-bond acceptors (Lipinski definition) is 5. The van der Waals surface area contributed by atoms with E-state index in [0.717, 1.165) is 10.4 Å². The Morgan fingerprint density at radius 2 is 1.79 bits per heavy atom. The molecule has 1 unspecified atom stereocenters. The molecule has 34 heavy (non-hydrogen) atoms. The van der Waals surface area contributed by atoms with Gasteiger partial charge in [0.2, 0.25) is 0 Å². The number of nitrogens with zero attached hydrogens (tertiary/aromatic N) is 4. The fourth-order valence-corrected chi connectivity index (χ4v) is 4.94. The average Bonchev–Trinajstić information content (AvgIpc) is 3.18. The van der Waals surface area contributed by atoms with E-state index in [4.69, 9.17) is 16.3 Å². The minimum Gasteiger partial charge on any atom is -0.495 e. The van der Waals surface area contributed by atoms with Crippen molar-refractivity contribution in [1.82, 2.24) is 14.7 Å². The van der Waals surface area contributed by atoms with Crippen molar-refractivity contribution in [2.24, 2.45) is 0 Å². The van der Waals surface area contributed by atoms with Gasteiger partial charge in [0.25, 0.3) is 0 Å². The zero-order valence-corrected chi connectivity index (χ0v) is 20.4. The van der Waals surface area contributed by atoms with Gasteiger partial charge in [-0.2, -0.15) is 18.3 Å². The van der Waals surface area contributed by atoms with Crippen LogP contribution in [0.2, 0.25) is 5.02 Å². The summed E-state index contributed by atoms with van der Waals surface area (Å²) in [5.74, 6) is 0.539. The topological polar surface area (TPSA) is 50.6 Å². The van der Waals surface area contributed by atoms with Crippen molar-refractivity contribution in [3.63, 3.8) is 0 Å². The van der Waals surface area contributed by atoms with E-state index in [1.165, 1.54) is 7.11 Å². The first-order valence-electron chi connectivity index (χ1n) is 10.4. The first-order valence-corrected chi connectivity index (χ1v) is 11.6. The lowest BCUT2D eigenvalue weighted by Gasteiger charge is -2.38. The van der Waals surface area contributed by atoms with Gasteiger partial charge >= 0.3 is 6.18 Å². The van der Waals surface area contributed by atoms with Crippen LogP contribution in [0.3, 0.4) is 0 Å². The maximum absolute atomic E-state index is 14.0. The maximum atomic E-state index is 14.0. The molecule has 0 amide bonds. The monoisotopic (exact) mass is 556 g/mol. The van der Waals surface area contributed by atoms with E-state index >= 15 is 0 Å². The normalized spacial score (nSPS) is 15.9. The van der Waals surface area contributed by atoms with Gasteiger partial charge in [0.15, 0.2) is 18.1 Å². The Morgan fingerprint density at radius 3 is 2.38 bits per heavy atom. The Balaban J connectivity index is 1.61. The van der Waals surface area contributed by atoms with E-state index in [0.29, 0.717) is 48.8 Å². The zero-order valence-electron chi connectivity index (χ0n) is 18.1. The van der Waals surface area contributed by atoms with Crippen LogP contribution in [0.5, 0.6) is 5.75 Å². The maximum Gasteiger partial charge on any atom is 0.434 e. The molecule has 1 aromatic heterocycles. The summed E-state index contributed by atoms with van der Waals surface area (Å²) in [6.07, 6.45) is -5.40. The van der Waals surface area contributed by atoms with Gasteiger partial charge < -0.3 is 9.64 Å². The molecule has 1 aliphatic heterocycles. The molecule has 11 heteroatoms. The molecule has 0 bridgehead atoms. The van der Waals surface area contributed by atoms with Gasteiger partial charge in [-0.25, -0.2) is 4.68 Å². The van der Waals surface area contributed by atoms with Gasteiger partial charge in [-0.15, -0.1) is 0 Å². The molecule has 1 saturated heterocycles.